The number of carbonyl (C=O) groups excluding carboxylic acids is 1. The number of hydrogen-bond acceptors (Lipinski definition) is 3. The average Bonchev–Trinajstić information content (AvgIpc) is 3.17. The third-order valence-electron chi connectivity index (χ3n) is 3.99. The van der Waals surface area contributed by atoms with Crippen molar-refractivity contribution in [3.05, 3.63) is 29.8 Å². The minimum absolute atomic E-state index is 0.152. The molecule has 2 fully saturated rings. The van der Waals surface area contributed by atoms with Crippen LogP contribution in [0.4, 0.5) is 5.69 Å². The van der Waals surface area contributed by atoms with Crippen molar-refractivity contribution in [2.24, 2.45) is 0 Å². The van der Waals surface area contributed by atoms with Crippen LogP contribution in [0.3, 0.4) is 0 Å². The normalized spacial score (nSPS) is 18.8. The number of rotatable bonds is 5. The highest BCUT2D eigenvalue weighted by Gasteiger charge is 2.35. The summed E-state index contributed by atoms with van der Waals surface area (Å²) >= 11 is 0. The molecule has 1 saturated heterocycles. The third-order valence-corrected chi connectivity index (χ3v) is 5.86. The zero-order valence-electron chi connectivity index (χ0n) is 11.9. The van der Waals surface area contributed by atoms with Gasteiger partial charge in [-0.1, -0.05) is 12.1 Å². The smallest absolute Gasteiger partial charge is 0.235 e. The van der Waals surface area contributed by atoms with Gasteiger partial charge in [0.25, 0.3) is 0 Å². The first kappa shape index (κ1) is 14.4. The van der Waals surface area contributed by atoms with Crippen molar-refractivity contribution < 1.29 is 13.2 Å². The summed E-state index contributed by atoms with van der Waals surface area (Å²) in [7, 11) is -3.21. The van der Waals surface area contributed by atoms with E-state index < -0.39 is 10.0 Å². The number of sulfonamides is 1. The van der Waals surface area contributed by atoms with Gasteiger partial charge in [0.1, 0.15) is 0 Å². The third kappa shape index (κ3) is 3.56. The Balaban J connectivity index is 1.60. The number of hydrogen-bond donors (Lipinski definition) is 1. The molecule has 0 radical (unpaired) electrons. The molecule has 1 saturated carbocycles. The van der Waals surface area contributed by atoms with Gasteiger partial charge in [0.15, 0.2) is 0 Å². The Kier molecular flexibility index (Phi) is 3.89. The first-order chi connectivity index (χ1) is 10.0. The minimum atomic E-state index is -3.21. The highest BCUT2D eigenvalue weighted by Crippen LogP contribution is 2.29. The van der Waals surface area contributed by atoms with Gasteiger partial charge in [0.05, 0.1) is 11.7 Å². The number of anilines is 1. The highest BCUT2D eigenvalue weighted by molar-refractivity contribution is 7.93. The summed E-state index contributed by atoms with van der Waals surface area (Å²) in [5.41, 5.74) is 1.49. The van der Waals surface area contributed by atoms with E-state index in [1.165, 1.54) is 0 Å². The Morgan fingerprint density at radius 2 is 1.76 bits per heavy atom. The van der Waals surface area contributed by atoms with Crippen molar-refractivity contribution in [3.63, 3.8) is 0 Å². The number of amides is 1. The van der Waals surface area contributed by atoms with Crippen molar-refractivity contribution in [1.82, 2.24) is 4.90 Å². The molecule has 0 atom stereocenters. The van der Waals surface area contributed by atoms with Crippen LogP contribution in [0, 0.1) is 0 Å². The van der Waals surface area contributed by atoms with Crippen LogP contribution in [0.5, 0.6) is 0 Å². The van der Waals surface area contributed by atoms with E-state index in [-0.39, 0.29) is 11.2 Å². The monoisotopic (exact) mass is 308 g/mol. The fourth-order valence-corrected chi connectivity index (χ4v) is 3.96. The van der Waals surface area contributed by atoms with Crippen molar-refractivity contribution >= 4 is 21.6 Å². The van der Waals surface area contributed by atoms with Gasteiger partial charge in [0.2, 0.25) is 15.9 Å². The maximum absolute atomic E-state index is 12.0. The molecule has 2 aliphatic rings. The predicted octanol–water partition coefficient (Wildman–Crippen LogP) is 1.76. The Bertz CT molecular complexity index is 615. The second-order valence-corrected chi connectivity index (χ2v) is 7.77. The largest absolute Gasteiger partial charge is 0.342 e. The van der Waals surface area contributed by atoms with Crippen LogP contribution in [0.1, 0.15) is 31.2 Å². The lowest BCUT2D eigenvalue weighted by Gasteiger charge is -2.15. The molecule has 0 unspecified atom stereocenters. The summed E-state index contributed by atoms with van der Waals surface area (Å²) in [5, 5.41) is -0.228. The van der Waals surface area contributed by atoms with Gasteiger partial charge < -0.3 is 4.90 Å². The van der Waals surface area contributed by atoms with Crippen LogP contribution in [-0.2, 0) is 21.2 Å². The first-order valence-corrected chi connectivity index (χ1v) is 8.97. The second-order valence-electron chi connectivity index (χ2n) is 5.81. The van der Waals surface area contributed by atoms with Gasteiger partial charge in [-0.25, -0.2) is 8.42 Å². The summed E-state index contributed by atoms with van der Waals surface area (Å²) in [6.07, 6.45) is 4.06. The molecule has 3 rings (SSSR count). The minimum Gasteiger partial charge on any atom is -0.342 e. The molecule has 114 valence electrons. The van der Waals surface area contributed by atoms with E-state index in [9.17, 15) is 13.2 Å². The van der Waals surface area contributed by atoms with Gasteiger partial charge in [-0.15, -0.1) is 0 Å². The second kappa shape index (κ2) is 5.67. The Morgan fingerprint density at radius 1 is 1.14 bits per heavy atom. The molecule has 0 bridgehead atoms. The van der Waals surface area contributed by atoms with E-state index in [0.717, 1.165) is 44.3 Å². The van der Waals surface area contributed by atoms with Crippen molar-refractivity contribution in [2.75, 3.05) is 17.8 Å². The highest BCUT2D eigenvalue weighted by atomic mass is 32.2. The van der Waals surface area contributed by atoms with Crippen LogP contribution < -0.4 is 4.72 Å². The van der Waals surface area contributed by atoms with Gasteiger partial charge in [0, 0.05) is 18.8 Å². The molecule has 1 aliphatic carbocycles. The standard InChI is InChI=1S/C15H20N2O3S/c18-15(17-9-1-2-10-17)11-12-3-5-13(6-4-12)16-21(19,20)14-7-8-14/h3-6,14,16H,1-2,7-11H2. The number of nitrogens with one attached hydrogen (secondary N) is 1. The Morgan fingerprint density at radius 3 is 2.33 bits per heavy atom. The molecular formula is C15H20N2O3S. The molecule has 6 heteroatoms. The molecule has 0 aromatic heterocycles. The quantitative estimate of drug-likeness (QED) is 0.901. The molecule has 1 N–H and O–H groups in total. The molecule has 1 aromatic carbocycles. The van der Waals surface area contributed by atoms with E-state index in [4.69, 9.17) is 0 Å². The average molecular weight is 308 g/mol. The topological polar surface area (TPSA) is 66.5 Å². The van der Waals surface area contributed by atoms with E-state index in [0.29, 0.717) is 12.1 Å². The molecule has 1 aliphatic heterocycles. The van der Waals surface area contributed by atoms with Crippen molar-refractivity contribution in [1.29, 1.82) is 0 Å². The number of nitrogens with zero attached hydrogens (tertiary/aromatic N) is 1. The fraction of sp³-hybridized carbons (Fsp3) is 0.533. The van der Waals surface area contributed by atoms with E-state index in [1.54, 1.807) is 12.1 Å². The van der Waals surface area contributed by atoms with Crippen LogP contribution >= 0.6 is 0 Å². The zero-order valence-corrected chi connectivity index (χ0v) is 12.7. The Labute approximate surface area is 125 Å². The SMILES string of the molecule is O=C(Cc1ccc(NS(=O)(=O)C2CC2)cc1)N1CCCC1. The summed E-state index contributed by atoms with van der Waals surface area (Å²) < 4.78 is 26.2. The molecule has 5 nitrogen and oxygen atoms in total. The van der Waals surface area contributed by atoms with Crippen LogP contribution in [0.25, 0.3) is 0 Å². The molecule has 1 aromatic rings. The molecular weight excluding hydrogens is 288 g/mol. The lowest BCUT2D eigenvalue weighted by atomic mass is 10.1. The maximum atomic E-state index is 12.0. The maximum Gasteiger partial charge on any atom is 0.235 e. The van der Waals surface area contributed by atoms with Gasteiger partial charge >= 0.3 is 0 Å². The van der Waals surface area contributed by atoms with Crippen molar-refractivity contribution in [3.8, 4) is 0 Å². The van der Waals surface area contributed by atoms with E-state index in [2.05, 4.69) is 4.72 Å². The lowest BCUT2D eigenvalue weighted by Crippen LogP contribution is -2.29. The molecule has 21 heavy (non-hydrogen) atoms. The summed E-state index contributed by atoms with van der Waals surface area (Å²) in [4.78, 5) is 13.9. The molecule has 0 spiro atoms. The van der Waals surface area contributed by atoms with Crippen LogP contribution in [0.15, 0.2) is 24.3 Å². The first-order valence-electron chi connectivity index (χ1n) is 7.43. The molecule has 1 heterocycles. The zero-order chi connectivity index (χ0) is 14.9. The Hall–Kier alpha value is -1.56. The number of carbonyl (C=O) groups is 1. The van der Waals surface area contributed by atoms with Gasteiger partial charge in [-0.3, -0.25) is 9.52 Å². The van der Waals surface area contributed by atoms with E-state index >= 15 is 0 Å². The van der Waals surface area contributed by atoms with Gasteiger partial charge in [-0.05, 0) is 43.4 Å². The fourth-order valence-electron chi connectivity index (χ4n) is 2.57. The summed E-state index contributed by atoms with van der Waals surface area (Å²) in [6, 6.07) is 7.09. The number of benzene rings is 1. The van der Waals surface area contributed by atoms with Crippen LogP contribution in [-0.4, -0.2) is 37.6 Å². The van der Waals surface area contributed by atoms with E-state index in [1.807, 2.05) is 17.0 Å². The lowest BCUT2D eigenvalue weighted by molar-refractivity contribution is -0.129. The summed E-state index contributed by atoms with van der Waals surface area (Å²) in [6.45, 7) is 1.72. The van der Waals surface area contributed by atoms with Gasteiger partial charge in [-0.2, -0.15) is 0 Å². The van der Waals surface area contributed by atoms with Crippen LogP contribution in [0.2, 0.25) is 0 Å². The van der Waals surface area contributed by atoms with Crippen molar-refractivity contribution in [2.45, 2.75) is 37.4 Å². The summed E-state index contributed by atoms with van der Waals surface area (Å²) in [5.74, 6) is 0.152. The number of likely N-dealkylation sites (tertiary alicyclic amines) is 1. The molecule has 1 amide bonds. The predicted molar refractivity (Wildman–Crippen MR) is 81.5 cm³/mol.